The van der Waals surface area contributed by atoms with Gasteiger partial charge in [0.15, 0.2) is 0 Å². The Balaban J connectivity index is 0.00000729. The van der Waals surface area contributed by atoms with Crippen LogP contribution in [0, 0.1) is 0 Å². The maximum absolute atomic E-state index is 5.79. The van der Waals surface area contributed by atoms with E-state index in [-0.39, 0.29) is 18.5 Å². The van der Waals surface area contributed by atoms with Crippen molar-refractivity contribution in [1.82, 2.24) is 0 Å². The van der Waals surface area contributed by atoms with E-state index in [1.807, 2.05) is 0 Å². The van der Waals surface area contributed by atoms with E-state index < -0.39 is 0 Å². The van der Waals surface area contributed by atoms with Crippen molar-refractivity contribution in [2.24, 2.45) is 5.73 Å². The highest BCUT2D eigenvalue weighted by Gasteiger charge is 2.23. The molecule has 0 spiro atoms. The van der Waals surface area contributed by atoms with E-state index >= 15 is 0 Å². The van der Waals surface area contributed by atoms with Crippen molar-refractivity contribution >= 4 is 12.4 Å². The maximum atomic E-state index is 5.79. The van der Waals surface area contributed by atoms with Gasteiger partial charge in [0.2, 0.25) is 0 Å². The highest BCUT2D eigenvalue weighted by atomic mass is 35.5. The quantitative estimate of drug-likeness (QED) is 0.212. The first-order chi connectivity index (χ1) is 13.4. The van der Waals surface area contributed by atoms with Crippen molar-refractivity contribution in [3.63, 3.8) is 0 Å². The van der Waals surface area contributed by atoms with E-state index in [0.29, 0.717) is 12.6 Å². The molecule has 1 fully saturated rings. The van der Waals surface area contributed by atoms with Gasteiger partial charge in [0.05, 0.1) is 18.8 Å². The lowest BCUT2D eigenvalue weighted by Gasteiger charge is -2.12. The number of rotatable bonds is 20. The van der Waals surface area contributed by atoms with Crippen LogP contribution in [0.25, 0.3) is 0 Å². The molecule has 1 saturated heterocycles. The van der Waals surface area contributed by atoms with E-state index in [1.165, 1.54) is 103 Å². The highest BCUT2D eigenvalue weighted by Crippen LogP contribution is 2.19. The molecule has 0 saturated carbocycles. The maximum Gasteiger partial charge on any atom is 0.0813 e. The molecule has 4 heteroatoms. The van der Waals surface area contributed by atoms with Gasteiger partial charge in [0.25, 0.3) is 0 Å². The molecule has 1 aliphatic heterocycles. The third-order valence-corrected chi connectivity index (χ3v) is 5.90. The van der Waals surface area contributed by atoms with Crippen LogP contribution >= 0.6 is 12.4 Å². The normalized spacial score (nSPS) is 19.1. The SMILES string of the molecule is CCCCCCCCCCCCCCCCCCOC[C@H]1CC[C@@H](CN)O1.Cl. The molecule has 0 radical (unpaired) electrons. The minimum atomic E-state index is 0. The molecule has 0 unspecified atom stereocenters. The first kappa shape index (κ1) is 28.2. The molecule has 1 aliphatic rings. The molecular weight excluding hydrogens is 370 g/mol. The fraction of sp³-hybridized carbons (Fsp3) is 1.00. The average Bonchev–Trinajstić information content (AvgIpc) is 3.15. The van der Waals surface area contributed by atoms with Crippen LogP contribution in [0.4, 0.5) is 0 Å². The van der Waals surface area contributed by atoms with Gasteiger partial charge in [0, 0.05) is 13.2 Å². The topological polar surface area (TPSA) is 44.5 Å². The molecule has 3 nitrogen and oxygen atoms in total. The fourth-order valence-corrected chi connectivity index (χ4v) is 4.04. The summed E-state index contributed by atoms with van der Waals surface area (Å²) in [7, 11) is 0. The van der Waals surface area contributed by atoms with Crippen molar-refractivity contribution in [2.45, 2.75) is 135 Å². The zero-order chi connectivity index (χ0) is 19.4. The van der Waals surface area contributed by atoms with Crippen molar-refractivity contribution < 1.29 is 9.47 Å². The van der Waals surface area contributed by atoms with Crippen molar-refractivity contribution in [3.05, 3.63) is 0 Å². The van der Waals surface area contributed by atoms with Crippen LogP contribution in [0.2, 0.25) is 0 Å². The molecular formula is C24H50ClNO2. The van der Waals surface area contributed by atoms with Crippen LogP contribution in [0.3, 0.4) is 0 Å². The van der Waals surface area contributed by atoms with Gasteiger partial charge >= 0.3 is 0 Å². The molecule has 0 aromatic rings. The zero-order valence-electron chi connectivity index (χ0n) is 18.8. The molecule has 0 aromatic heterocycles. The molecule has 0 aromatic carbocycles. The molecule has 0 aliphatic carbocycles. The van der Waals surface area contributed by atoms with E-state index in [2.05, 4.69) is 6.92 Å². The summed E-state index contributed by atoms with van der Waals surface area (Å²) >= 11 is 0. The summed E-state index contributed by atoms with van der Waals surface area (Å²) in [4.78, 5) is 0. The Hall–Kier alpha value is 0.170. The predicted molar refractivity (Wildman–Crippen MR) is 125 cm³/mol. The standard InChI is InChI=1S/C24H49NO2.ClH/c1-2-3-4-5-6-7-8-9-10-11-12-13-14-15-16-17-20-26-22-24-19-18-23(21-25)27-24;/h23-24H,2-22,25H2,1H3;1H/t23-,24+;/m0./s1. The number of ether oxygens (including phenoxy) is 2. The predicted octanol–water partition coefficient (Wildman–Crippen LogP) is 7.19. The molecule has 1 heterocycles. The minimum Gasteiger partial charge on any atom is -0.379 e. The second-order valence-corrected chi connectivity index (χ2v) is 8.57. The van der Waals surface area contributed by atoms with Crippen LogP contribution in [0.5, 0.6) is 0 Å². The monoisotopic (exact) mass is 419 g/mol. The number of unbranched alkanes of at least 4 members (excludes halogenated alkanes) is 15. The smallest absolute Gasteiger partial charge is 0.0813 e. The van der Waals surface area contributed by atoms with Gasteiger partial charge in [-0.3, -0.25) is 0 Å². The molecule has 2 N–H and O–H groups in total. The Morgan fingerprint density at radius 3 is 1.54 bits per heavy atom. The fourth-order valence-electron chi connectivity index (χ4n) is 4.04. The van der Waals surface area contributed by atoms with Crippen LogP contribution in [-0.4, -0.2) is 32.0 Å². The summed E-state index contributed by atoms with van der Waals surface area (Å²) in [5.74, 6) is 0. The third kappa shape index (κ3) is 17.1. The van der Waals surface area contributed by atoms with Gasteiger partial charge < -0.3 is 15.2 Å². The summed E-state index contributed by atoms with van der Waals surface area (Å²) in [6, 6.07) is 0. The lowest BCUT2D eigenvalue weighted by molar-refractivity contribution is -0.0126. The Morgan fingerprint density at radius 1 is 0.679 bits per heavy atom. The van der Waals surface area contributed by atoms with Gasteiger partial charge in [-0.1, -0.05) is 103 Å². The summed E-state index contributed by atoms with van der Waals surface area (Å²) in [6.45, 7) is 4.59. The molecule has 1 rings (SSSR count). The molecule has 2 atom stereocenters. The Bertz CT molecular complexity index is 304. The van der Waals surface area contributed by atoms with Gasteiger partial charge in [-0.15, -0.1) is 12.4 Å². The van der Waals surface area contributed by atoms with Gasteiger partial charge in [-0.05, 0) is 19.3 Å². The van der Waals surface area contributed by atoms with Gasteiger partial charge in [-0.25, -0.2) is 0 Å². The third-order valence-electron chi connectivity index (χ3n) is 5.90. The summed E-state index contributed by atoms with van der Waals surface area (Å²) in [6.07, 6.45) is 25.4. The lowest BCUT2D eigenvalue weighted by atomic mass is 10.0. The summed E-state index contributed by atoms with van der Waals surface area (Å²) < 4.78 is 11.6. The van der Waals surface area contributed by atoms with E-state index in [4.69, 9.17) is 15.2 Å². The Labute approximate surface area is 182 Å². The molecule has 170 valence electrons. The Kier molecular flexibility index (Phi) is 22.0. The van der Waals surface area contributed by atoms with Crippen LogP contribution < -0.4 is 5.73 Å². The van der Waals surface area contributed by atoms with Crippen LogP contribution in [0.1, 0.15) is 122 Å². The first-order valence-electron chi connectivity index (χ1n) is 12.3. The van der Waals surface area contributed by atoms with Crippen LogP contribution in [-0.2, 0) is 9.47 Å². The lowest BCUT2D eigenvalue weighted by Crippen LogP contribution is -2.22. The molecule has 28 heavy (non-hydrogen) atoms. The van der Waals surface area contributed by atoms with Crippen molar-refractivity contribution in [1.29, 1.82) is 0 Å². The minimum absolute atomic E-state index is 0. The summed E-state index contributed by atoms with van der Waals surface area (Å²) in [5.41, 5.74) is 5.63. The second-order valence-electron chi connectivity index (χ2n) is 8.57. The first-order valence-corrected chi connectivity index (χ1v) is 12.3. The van der Waals surface area contributed by atoms with E-state index in [0.717, 1.165) is 26.1 Å². The summed E-state index contributed by atoms with van der Waals surface area (Å²) in [5, 5.41) is 0. The van der Waals surface area contributed by atoms with Crippen LogP contribution in [0.15, 0.2) is 0 Å². The number of hydrogen-bond donors (Lipinski definition) is 1. The van der Waals surface area contributed by atoms with Crippen molar-refractivity contribution in [2.75, 3.05) is 19.8 Å². The highest BCUT2D eigenvalue weighted by molar-refractivity contribution is 5.85. The molecule has 0 amide bonds. The second kappa shape index (κ2) is 21.9. The number of nitrogens with two attached hydrogens (primary N) is 1. The zero-order valence-corrected chi connectivity index (χ0v) is 19.6. The van der Waals surface area contributed by atoms with Crippen molar-refractivity contribution in [3.8, 4) is 0 Å². The Morgan fingerprint density at radius 2 is 1.11 bits per heavy atom. The molecule has 0 bridgehead atoms. The van der Waals surface area contributed by atoms with E-state index in [9.17, 15) is 0 Å². The van der Waals surface area contributed by atoms with Gasteiger partial charge in [0.1, 0.15) is 0 Å². The number of hydrogen-bond acceptors (Lipinski definition) is 3. The average molecular weight is 420 g/mol. The largest absolute Gasteiger partial charge is 0.379 e. The number of halogens is 1. The van der Waals surface area contributed by atoms with E-state index in [1.54, 1.807) is 0 Å². The van der Waals surface area contributed by atoms with Gasteiger partial charge in [-0.2, -0.15) is 0 Å².